The predicted molar refractivity (Wildman–Crippen MR) is 70.2 cm³/mol. The molecule has 0 aliphatic heterocycles. The summed E-state index contributed by atoms with van der Waals surface area (Å²) in [6, 6.07) is 0.402. The van der Waals surface area contributed by atoms with Gasteiger partial charge in [0.2, 0.25) is 15.9 Å². The third kappa shape index (κ3) is 3.63. The van der Waals surface area contributed by atoms with E-state index in [1.807, 2.05) is 0 Å². The molecule has 1 aromatic heterocycles. The highest BCUT2D eigenvalue weighted by Crippen LogP contribution is 2.19. The number of nitrogen functional groups attached to an aromatic ring is 1. The number of hydrogen-bond acceptors (Lipinski definition) is 6. The highest BCUT2D eigenvalue weighted by molar-refractivity contribution is 7.89. The molecule has 1 heterocycles. The van der Waals surface area contributed by atoms with E-state index in [4.69, 9.17) is 11.6 Å². The van der Waals surface area contributed by atoms with Crippen molar-refractivity contribution >= 4 is 21.6 Å². The lowest BCUT2D eigenvalue weighted by molar-refractivity contribution is -0.120. The fraction of sp³-hybridized carbons (Fsp3) is 0.400. The first-order chi connectivity index (χ1) is 8.79. The molecular formula is C10H17N5O3S. The highest BCUT2D eigenvalue weighted by Gasteiger charge is 2.28. The second kappa shape index (κ2) is 5.95. The maximum Gasteiger partial charge on any atom is 0.244 e. The van der Waals surface area contributed by atoms with E-state index in [1.54, 1.807) is 13.8 Å². The van der Waals surface area contributed by atoms with Gasteiger partial charge in [0.25, 0.3) is 0 Å². The molecule has 1 unspecified atom stereocenters. The van der Waals surface area contributed by atoms with Gasteiger partial charge in [-0.15, -0.1) is 0 Å². The van der Waals surface area contributed by atoms with E-state index < -0.39 is 22.0 Å². The Morgan fingerprint density at radius 1 is 1.42 bits per heavy atom. The molecule has 6 N–H and O–H groups in total. The zero-order valence-electron chi connectivity index (χ0n) is 10.6. The molecule has 0 saturated heterocycles. The van der Waals surface area contributed by atoms with Gasteiger partial charge in [0.05, 0.1) is 5.69 Å². The molecule has 19 heavy (non-hydrogen) atoms. The molecule has 1 aromatic rings. The number of anilines is 1. The Kier molecular flexibility index (Phi) is 4.81. The highest BCUT2D eigenvalue weighted by atomic mass is 32.2. The van der Waals surface area contributed by atoms with Gasteiger partial charge in [0.1, 0.15) is 10.9 Å². The Labute approximate surface area is 111 Å². The van der Waals surface area contributed by atoms with E-state index in [-0.39, 0.29) is 16.5 Å². The Hall–Kier alpha value is -1.71. The van der Waals surface area contributed by atoms with Crippen LogP contribution < -0.4 is 21.7 Å². The topological polar surface area (TPSA) is 140 Å². The first kappa shape index (κ1) is 15.3. The van der Waals surface area contributed by atoms with Gasteiger partial charge in [-0.05, 0) is 12.0 Å². The van der Waals surface area contributed by atoms with Crippen LogP contribution in [0, 0.1) is 5.92 Å². The van der Waals surface area contributed by atoms with Crippen LogP contribution in [0.3, 0.4) is 0 Å². The van der Waals surface area contributed by atoms with Crippen LogP contribution in [0.1, 0.15) is 13.8 Å². The SMILES string of the molecule is CC(C)C(NS(=O)(=O)c1cnccc1NN)C(N)=O. The first-order valence-electron chi connectivity index (χ1n) is 5.52. The lowest BCUT2D eigenvalue weighted by Crippen LogP contribution is -2.47. The maximum atomic E-state index is 12.2. The molecule has 8 nitrogen and oxygen atoms in total. The van der Waals surface area contributed by atoms with Crippen molar-refractivity contribution in [2.45, 2.75) is 24.8 Å². The number of nitrogens with zero attached hydrogens (tertiary/aromatic N) is 1. The minimum atomic E-state index is -3.95. The van der Waals surface area contributed by atoms with Gasteiger partial charge in [0.15, 0.2) is 0 Å². The van der Waals surface area contributed by atoms with Gasteiger partial charge >= 0.3 is 0 Å². The predicted octanol–water partition coefficient (Wildman–Crippen LogP) is -0.845. The summed E-state index contributed by atoms with van der Waals surface area (Å²) in [5.41, 5.74) is 7.61. The van der Waals surface area contributed by atoms with E-state index in [2.05, 4.69) is 15.1 Å². The molecule has 0 fully saturated rings. The Bertz CT molecular complexity index is 558. The first-order valence-corrected chi connectivity index (χ1v) is 7.00. The van der Waals surface area contributed by atoms with Crippen molar-refractivity contribution in [1.82, 2.24) is 9.71 Å². The minimum absolute atomic E-state index is 0.149. The fourth-order valence-corrected chi connectivity index (χ4v) is 2.93. The molecule has 1 amide bonds. The summed E-state index contributed by atoms with van der Waals surface area (Å²) < 4.78 is 26.6. The number of hydrogen-bond donors (Lipinski definition) is 4. The monoisotopic (exact) mass is 287 g/mol. The molecule has 1 rings (SSSR count). The molecule has 0 aliphatic carbocycles. The second-order valence-electron chi connectivity index (χ2n) is 4.26. The number of nitrogens with two attached hydrogens (primary N) is 2. The molecule has 0 radical (unpaired) electrons. The Morgan fingerprint density at radius 3 is 2.53 bits per heavy atom. The van der Waals surface area contributed by atoms with Crippen molar-refractivity contribution in [3.05, 3.63) is 18.5 Å². The van der Waals surface area contributed by atoms with Crippen LogP contribution in [0.15, 0.2) is 23.4 Å². The minimum Gasteiger partial charge on any atom is -0.368 e. The third-order valence-corrected chi connectivity index (χ3v) is 3.95. The van der Waals surface area contributed by atoms with Gasteiger partial charge in [-0.25, -0.2) is 8.42 Å². The summed E-state index contributed by atoms with van der Waals surface area (Å²) in [5.74, 6) is 4.21. The van der Waals surface area contributed by atoms with E-state index in [9.17, 15) is 13.2 Å². The molecule has 0 bridgehead atoms. The number of amides is 1. The largest absolute Gasteiger partial charge is 0.368 e. The smallest absolute Gasteiger partial charge is 0.244 e. The fourth-order valence-electron chi connectivity index (χ4n) is 1.47. The van der Waals surface area contributed by atoms with Crippen LogP contribution >= 0.6 is 0 Å². The lowest BCUT2D eigenvalue weighted by Gasteiger charge is -2.19. The summed E-state index contributed by atoms with van der Waals surface area (Å²) in [5, 5.41) is 0. The van der Waals surface area contributed by atoms with E-state index in [0.29, 0.717) is 0 Å². The van der Waals surface area contributed by atoms with Crippen molar-refractivity contribution in [3.63, 3.8) is 0 Å². The van der Waals surface area contributed by atoms with Crippen LogP contribution in [-0.2, 0) is 14.8 Å². The van der Waals surface area contributed by atoms with Crippen LogP contribution in [0.2, 0.25) is 0 Å². The van der Waals surface area contributed by atoms with Crippen molar-refractivity contribution in [3.8, 4) is 0 Å². The summed E-state index contributed by atoms with van der Waals surface area (Å²) in [7, 11) is -3.95. The van der Waals surface area contributed by atoms with Crippen molar-refractivity contribution in [1.29, 1.82) is 0 Å². The summed E-state index contributed by atoms with van der Waals surface area (Å²) in [6.45, 7) is 3.37. The molecule has 0 spiro atoms. The summed E-state index contributed by atoms with van der Waals surface area (Å²) >= 11 is 0. The number of nitrogens with one attached hydrogen (secondary N) is 2. The molecule has 0 aliphatic rings. The standard InChI is InChI=1S/C10H17N5O3S/c1-6(2)9(10(11)16)15-19(17,18)8-5-13-4-3-7(8)14-12/h3-6,9,15H,12H2,1-2H3,(H2,11,16)(H,13,14). The van der Waals surface area contributed by atoms with Gasteiger partial charge in [-0.2, -0.15) is 4.72 Å². The third-order valence-electron chi connectivity index (χ3n) is 2.48. The van der Waals surface area contributed by atoms with E-state index >= 15 is 0 Å². The zero-order valence-corrected chi connectivity index (χ0v) is 11.4. The quantitative estimate of drug-likeness (QED) is 0.397. The van der Waals surface area contributed by atoms with Crippen molar-refractivity contribution < 1.29 is 13.2 Å². The van der Waals surface area contributed by atoms with E-state index in [0.717, 1.165) is 6.20 Å². The Morgan fingerprint density at radius 2 is 2.05 bits per heavy atom. The number of primary amides is 1. The number of rotatable bonds is 6. The van der Waals surface area contributed by atoms with Crippen molar-refractivity contribution in [2.75, 3.05) is 5.43 Å². The van der Waals surface area contributed by atoms with Gasteiger partial charge < -0.3 is 11.2 Å². The van der Waals surface area contributed by atoms with Gasteiger partial charge in [-0.3, -0.25) is 15.6 Å². The Balaban J connectivity index is 3.14. The molecule has 0 aromatic carbocycles. The van der Waals surface area contributed by atoms with Gasteiger partial charge in [-0.1, -0.05) is 13.8 Å². The lowest BCUT2D eigenvalue weighted by atomic mass is 10.1. The average Bonchev–Trinajstić information content (AvgIpc) is 2.35. The van der Waals surface area contributed by atoms with Gasteiger partial charge in [0, 0.05) is 12.4 Å². The number of sulfonamides is 1. The number of pyridine rings is 1. The second-order valence-corrected chi connectivity index (χ2v) is 5.94. The van der Waals surface area contributed by atoms with Crippen molar-refractivity contribution in [2.24, 2.45) is 17.5 Å². The number of aromatic nitrogens is 1. The average molecular weight is 287 g/mol. The number of hydrazine groups is 1. The summed E-state index contributed by atoms with van der Waals surface area (Å²) in [4.78, 5) is 14.8. The molecule has 0 saturated carbocycles. The van der Waals surface area contributed by atoms with E-state index in [1.165, 1.54) is 12.3 Å². The maximum absolute atomic E-state index is 12.2. The van der Waals surface area contributed by atoms with Crippen LogP contribution in [-0.4, -0.2) is 25.4 Å². The normalized spacial score (nSPS) is 13.3. The van der Waals surface area contributed by atoms with Crippen LogP contribution in [0.5, 0.6) is 0 Å². The zero-order chi connectivity index (χ0) is 14.6. The molecular weight excluding hydrogens is 270 g/mol. The molecule has 106 valence electrons. The molecule has 1 atom stereocenters. The summed E-state index contributed by atoms with van der Waals surface area (Å²) in [6.07, 6.45) is 2.53. The van der Waals surface area contributed by atoms with Crippen LogP contribution in [0.4, 0.5) is 5.69 Å². The number of carbonyl (C=O) groups excluding carboxylic acids is 1. The number of carbonyl (C=O) groups is 1. The molecule has 9 heteroatoms. The van der Waals surface area contributed by atoms with Crippen LogP contribution in [0.25, 0.3) is 0 Å².